The van der Waals surface area contributed by atoms with Crippen LogP contribution in [0.5, 0.6) is 0 Å². The summed E-state index contributed by atoms with van der Waals surface area (Å²) in [6.07, 6.45) is 0.864. The zero-order valence-corrected chi connectivity index (χ0v) is 14.5. The van der Waals surface area contributed by atoms with Crippen LogP contribution in [0.4, 0.5) is 0 Å². The van der Waals surface area contributed by atoms with Crippen LogP contribution in [0.2, 0.25) is 0 Å². The summed E-state index contributed by atoms with van der Waals surface area (Å²) >= 11 is 0. The lowest BCUT2D eigenvalue weighted by Crippen LogP contribution is -2.56. The Morgan fingerprint density at radius 3 is 2.48 bits per heavy atom. The monoisotopic (exact) mass is 317 g/mol. The van der Waals surface area contributed by atoms with E-state index in [0.717, 1.165) is 6.42 Å². The summed E-state index contributed by atoms with van der Waals surface area (Å²) in [5.41, 5.74) is 2.17. The summed E-state index contributed by atoms with van der Waals surface area (Å²) in [5.74, 6) is -0.158. The van der Waals surface area contributed by atoms with Gasteiger partial charge in [0.15, 0.2) is 0 Å². The van der Waals surface area contributed by atoms with Gasteiger partial charge in [0, 0.05) is 13.1 Å². The first-order valence-corrected chi connectivity index (χ1v) is 8.12. The first kappa shape index (κ1) is 17.5. The summed E-state index contributed by atoms with van der Waals surface area (Å²) in [6.45, 7) is 7.46. The van der Waals surface area contributed by atoms with Crippen LogP contribution in [-0.4, -0.2) is 42.9 Å². The van der Waals surface area contributed by atoms with Crippen molar-refractivity contribution < 1.29 is 9.59 Å². The smallest absolute Gasteiger partial charge is 0.246 e. The molecule has 2 amide bonds. The van der Waals surface area contributed by atoms with Gasteiger partial charge in [0.25, 0.3) is 0 Å². The highest BCUT2D eigenvalue weighted by Gasteiger charge is 2.36. The second-order valence-electron chi connectivity index (χ2n) is 7.18. The Bertz CT molecular complexity index is 578. The Morgan fingerprint density at radius 1 is 1.22 bits per heavy atom. The van der Waals surface area contributed by atoms with Crippen molar-refractivity contribution in [2.45, 2.75) is 39.8 Å². The molecule has 23 heavy (non-hydrogen) atoms. The van der Waals surface area contributed by atoms with E-state index in [2.05, 4.69) is 22.8 Å². The SMILES string of the molecule is CNCC(=O)N[C@H](C(=O)N1CCc2ccccc2C1)C(C)(C)C. The lowest BCUT2D eigenvalue weighted by molar-refractivity contribution is -0.140. The van der Waals surface area contributed by atoms with E-state index < -0.39 is 6.04 Å². The molecule has 126 valence electrons. The summed E-state index contributed by atoms with van der Waals surface area (Å²) in [4.78, 5) is 26.8. The number of carbonyl (C=O) groups is 2. The van der Waals surface area contributed by atoms with E-state index in [4.69, 9.17) is 0 Å². The van der Waals surface area contributed by atoms with Gasteiger partial charge in [0.1, 0.15) is 6.04 Å². The van der Waals surface area contributed by atoms with E-state index >= 15 is 0 Å². The van der Waals surface area contributed by atoms with Crippen molar-refractivity contribution in [3.8, 4) is 0 Å². The number of likely N-dealkylation sites (N-methyl/N-ethyl adjacent to an activating group) is 1. The predicted octanol–water partition coefficient (Wildman–Crippen LogP) is 1.32. The molecule has 0 bridgehead atoms. The first-order valence-electron chi connectivity index (χ1n) is 8.12. The number of hydrogen-bond donors (Lipinski definition) is 2. The lowest BCUT2D eigenvalue weighted by atomic mass is 9.85. The summed E-state index contributed by atoms with van der Waals surface area (Å²) in [7, 11) is 1.72. The highest BCUT2D eigenvalue weighted by atomic mass is 16.2. The Labute approximate surface area is 138 Å². The van der Waals surface area contributed by atoms with E-state index in [1.165, 1.54) is 11.1 Å². The van der Waals surface area contributed by atoms with Crippen LogP contribution in [0, 0.1) is 5.41 Å². The number of fused-ring (bicyclic) bond motifs is 1. The maximum atomic E-state index is 13.0. The minimum atomic E-state index is -0.520. The Hall–Kier alpha value is -1.88. The third kappa shape index (κ3) is 4.32. The zero-order valence-electron chi connectivity index (χ0n) is 14.5. The third-order valence-corrected chi connectivity index (χ3v) is 4.20. The van der Waals surface area contributed by atoms with Crippen molar-refractivity contribution in [1.29, 1.82) is 0 Å². The molecule has 1 aromatic carbocycles. The number of benzene rings is 1. The zero-order chi connectivity index (χ0) is 17.0. The minimum Gasteiger partial charge on any atom is -0.343 e. The van der Waals surface area contributed by atoms with Crippen LogP contribution in [0.25, 0.3) is 0 Å². The van der Waals surface area contributed by atoms with Crippen LogP contribution in [0.15, 0.2) is 24.3 Å². The number of amides is 2. The molecule has 1 aliphatic rings. The molecule has 1 aliphatic heterocycles. The van der Waals surface area contributed by atoms with Crippen LogP contribution in [0.3, 0.4) is 0 Å². The molecule has 0 fully saturated rings. The molecule has 1 atom stereocenters. The number of rotatable bonds is 4. The molecule has 0 spiro atoms. The molecular weight excluding hydrogens is 290 g/mol. The number of carbonyl (C=O) groups excluding carboxylic acids is 2. The average Bonchev–Trinajstić information content (AvgIpc) is 2.50. The van der Waals surface area contributed by atoms with Crippen LogP contribution in [-0.2, 0) is 22.6 Å². The molecule has 5 nitrogen and oxygen atoms in total. The molecule has 0 saturated heterocycles. The normalized spacial score (nSPS) is 15.7. The fourth-order valence-electron chi connectivity index (χ4n) is 2.89. The molecule has 0 aromatic heterocycles. The molecule has 0 aliphatic carbocycles. The number of nitrogens with zero attached hydrogens (tertiary/aromatic N) is 1. The van der Waals surface area contributed by atoms with Crippen molar-refractivity contribution >= 4 is 11.8 Å². The van der Waals surface area contributed by atoms with E-state index in [0.29, 0.717) is 13.1 Å². The molecular formula is C18H27N3O2. The van der Waals surface area contributed by atoms with E-state index in [1.54, 1.807) is 7.05 Å². The fraction of sp³-hybridized carbons (Fsp3) is 0.556. The highest BCUT2D eigenvalue weighted by molar-refractivity contribution is 5.89. The maximum Gasteiger partial charge on any atom is 0.246 e. The topological polar surface area (TPSA) is 61.4 Å². The molecule has 2 rings (SSSR count). The van der Waals surface area contributed by atoms with E-state index in [-0.39, 0.29) is 23.8 Å². The van der Waals surface area contributed by atoms with E-state index in [9.17, 15) is 9.59 Å². The molecule has 1 heterocycles. The van der Waals surface area contributed by atoms with Gasteiger partial charge < -0.3 is 15.5 Å². The van der Waals surface area contributed by atoms with Crippen LogP contribution in [0.1, 0.15) is 31.9 Å². The second-order valence-corrected chi connectivity index (χ2v) is 7.18. The number of nitrogens with one attached hydrogen (secondary N) is 2. The van der Waals surface area contributed by atoms with Gasteiger partial charge in [0.05, 0.1) is 6.54 Å². The minimum absolute atomic E-state index is 0.00328. The van der Waals surface area contributed by atoms with Gasteiger partial charge in [-0.3, -0.25) is 9.59 Å². The Morgan fingerprint density at radius 2 is 1.87 bits per heavy atom. The van der Waals surface area contributed by atoms with Gasteiger partial charge in [-0.1, -0.05) is 45.0 Å². The van der Waals surface area contributed by atoms with Crippen LogP contribution >= 0.6 is 0 Å². The molecule has 0 radical (unpaired) electrons. The first-order chi connectivity index (χ1) is 10.8. The van der Waals surface area contributed by atoms with Gasteiger partial charge in [-0.15, -0.1) is 0 Å². The van der Waals surface area contributed by atoms with Crippen molar-refractivity contribution in [3.63, 3.8) is 0 Å². The largest absolute Gasteiger partial charge is 0.343 e. The average molecular weight is 317 g/mol. The van der Waals surface area contributed by atoms with Crippen LogP contribution < -0.4 is 10.6 Å². The van der Waals surface area contributed by atoms with Crippen molar-refractivity contribution in [1.82, 2.24) is 15.5 Å². The molecule has 2 N–H and O–H groups in total. The summed E-state index contributed by atoms with van der Waals surface area (Å²) in [5, 5.41) is 5.71. The fourth-order valence-corrected chi connectivity index (χ4v) is 2.89. The molecule has 5 heteroatoms. The Kier molecular flexibility index (Phi) is 5.42. The third-order valence-electron chi connectivity index (χ3n) is 4.20. The predicted molar refractivity (Wildman–Crippen MR) is 90.9 cm³/mol. The highest BCUT2D eigenvalue weighted by Crippen LogP contribution is 2.25. The standard InChI is InChI=1S/C18H27N3O2/c1-18(2,3)16(20-15(22)11-19-4)17(23)21-10-9-13-7-5-6-8-14(13)12-21/h5-8,16,19H,9-12H2,1-4H3,(H,20,22)/t16-/m1/s1. The Balaban J connectivity index is 2.13. The van der Waals surface area contributed by atoms with Crippen molar-refractivity contribution in [2.75, 3.05) is 20.1 Å². The molecule has 0 unspecified atom stereocenters. The summed E-state index contributed by atoms with van der Waals surface area (Å²) in [6, 6.07) is 7.70. The van der Waals surface area contributed by atoms with Gasteiger partial charge in [-0.25, -0.2) is 0 Å². The van der Waals surface area contributed by atoms with Gasteiger partial charge in [-0.2, -0.15) is 0 Å². The second kappa shape index (κ2) is 7.13. The lowest BCUT2D eigenvalue weighted by Gasteiger charge is -2.37. The maximum absolute atomic E-state index is 13.0. The van der Waals surface area contributed by atoms with Gasteiger partial charge >= 0.3 is 0 Å². The van der Waals surface area contributed by atoms with Crippen molar-refractivity contribution in [3.05, 3.63) is 35.4 Å². The summed E-state index contributed by atoms with van der Waals surface area (Å²) < 4.78 is 0. The molecule has 0 saturated carbocycles. The van der Waals surface area contributed by atoms with Gasteiger partial charge in [0.2, 0.25) is 11.8 Å². The quantitative estimate of drug-likeness (QED) is 0.880. The van der Waals surface area contributed by atoms with E-state index in [1.807, 2.05) is 37.8 Å². The number of hydrogen-bond acceptors (Lipinski definition) is 3. The van der Waals surface area contributed by atoms with Gasteiger partial charge in [-0.05, 0) is 30.0 Å². The van der Waals surface area contributed by atoms with Crippen molar-refractivity contribution in [2.24, 2.45) is 5.41 Å². The molecule has 1 aromatic rings.